The fraction of sp³-hybridized carbons (Fsp3) is 0.429. The Morgan fingerprint density at radius 2 is 1.84 bits per heavy atom. The summed E-state index contributed by atoms with van der Waals surface area (Å²) in [5, 5.41) is 0. The number of hydrogen-bond acceptors (Lipinski definition) is 5. The molecule has 0 heterocycles. The Kier molecular flexibility index (Phi) is 6.78. The number of nitrogens with two attached hydrogens (primary N) is 2. The fourth-order valence-corrected chi connectivity index (χ4v) is 1.59. The summed E-state index contributed by atoms with van der Waals surface area (Å²) in [6, 6.07) is 8.38. The van der Waals surface area contributed by atoms with E-state index in [0.29, 0.717) is 13.0 Å². The van der Waals surface area contributed by atoms with Crippen molar-refractivity contribution in [1.82, 2.24) is 0 Å². The molecule has 0 aromatic heterocycles. The van der Waals surface area contributed by atoms with Gasteiger partial charge >= 0.3 is 5.97 Å². The van der Waals surface area contributed by atoms with Gasteiger partial charge in [0.15, 0.2) is 0 Å². The maximum atomic E-state index is 11.6. The Balaban J connectivity index is 2.34. The third kappa shape index (κ3) is 5.63. The molecule has 0 radical (unpaired) electrons. The Hall–Kier alpha value is -1.72. The lowest BCUT2D eigenvalue weighted by Gasteiger charge is -2.09. The highest BCUT2D eigenvalue weighted by molar-refractivity contribution is 6.35. The largest absolute Gasteiger partial charge is 0.455 e. The fourth-order valence-electron chi connectivity index (χ4n) is 1.59. The van der Waals surface area contributed by atoms with Crippen molar-refractivity contribution in [2.24, 2.45) is 11.5 Å². The van der Waals surface area contributed by atoms with Crippen LogP contribution in [0.2, 0.25) is 0 Å². The summed E-state index contributed by atoms with van der Waals surface area (Å²) in [7, 11) is 0. The predicted molar refractivity (Wildman–Crippen MR) is 72.1 cm³/mol. The van der Waals surface area contributed by atoms with Crippen molar-refractivity contribution in [3.63, 3.8) is 0 Å². The number of carbonyl (C=O) groups excluding carboxylic acids is 2. The quantitative estimate of drug-likeness (QED) is 0.410. The van der Waals surface area contributed by atoms with E-state index in [0.717, 1.165) is 18.4 Å². The second kappa shape index (κ2) is 8.39. The predicted octanol–water partition coefficient (Wildman–Crippen LogP) is 0.755. The SMILES string of the molecule is NCCCC[C@H](N)C(=O)C(=O)OCc1ccccc1. The zero-order chi connectivity index (χ0) is 14.1. The van der Waals surface area contributed by atoms with E-state index in [1.54, 1.807) is 0 Å². The van der Waals surface area contributed by atoms with Crippen molar-refractivity contribution >= 4 is 11.8 Å². The summed E-state index contributed by atoms with van der Waals surface area (Å²) in [4.78, 5) is 23.1. The van der Waals surface area contributed by atoms with Crippen molar-refractivity contribution < 1.29 is 14.3 Å². The summed E-state index contributed by atoms with van der Waals surface area (Å²) in [5.74, 6) is -1.54. The van der Waals surface area contributed by atoms with Gasteiger partial charge in [0.2, 0.25) is 0 Å². The number of Topliss-reactive ketones (excluding diaryl/α,β-unsaturated/α-hetero) is 1. The van der Waals surface area contributed by atoms with Crippen LogP contribution in [-0.2, 0) is 20.9 Å². The van der Waals surface area contributed by atoms with E-state index >= 15 is 0 Å². The molecule has 0 amide bonds. The van der Waals surface area contributed by atoms with Crippen molar-refractivity contribution in [3.05, 3.63) is 35.9 Å². The van der Waals surface area contributed by atoms with Gasteiger partial charge in [0.05, 0.1) is 6.04 Å². The van der Waals surface area contributed by atoms with E-state index in [1.165, 1.54) is 0 Å². The van der Waals surface area contributed by atoms with Crippen LogP contribution < -0.4 is 11.5 Å². The van der Waals surface area contributed by atoms with Gasteiger partial charge in [0, 0.05) is 0 Å². The molecule has 5 heteroatoms. The highest BCUT2D eigenvalue weighted by atomic mass is 16.5. The first-order valence-electron chi connectivity index (χ1n) is 6.35. The van der Waals surface area contributed by atoms with Crippen LogP contribution >= 0.6 is 0 Å². The molecule has 19 heavy (non-hydrogen) atoms. The smallest absolute Gasteiger partial charge is 0.376 e. The highest BCUT2D eigenvalue weighted by Gasteiger charge is 2.22. The van der Waals surface area contributed by atoms with Crippen molar-refractivity contribution in [2.75, 3.05) is 6.54 Å². The maximum absolute atomic E-state index is 11.6. The van der Waals surface area contributed by atoms with E-state index in [4.69, 9.17) is 16.2 Å². The molecule has 0 saturated carbocycles. The topological polar surface area (TPSA) is 95.4 Å². The molecule has 0 bridgehead atoms. The molecule has 1 atom stereocenters. The van der Waals surface area contributed by atoms with Crippen LogP contribution in [0.25, 0.3) is 0 Å². The summed E-state index contributed by atoms with van der Waals surface area (Å²) < 4.78 is 4.92. The third-order valence-corrected chi connectivity index (χ3v) is 2.72. The zero-order valence-electron chi connectivity index (χ0n) is 10.9. The Bertz CT molecular complexity index is 406. The minimum atomic E-state index is -0.871. The minimum Gasteiger partial charge on any atom is -0.455 e. The van der Waals surface area contributed by atoms with Crippen LogP contribution in [-0.4, -0.2) is 24.3 Å². The van der Waals surface area contributed by atoms with Gasteiger partial charge in [0.25, 0.3) is 5.78 Å². The van der Waals surface area contributed by atoms with Crippen LogP contribution in [0.15, 0.2) is 30.3 Å². The van der Waals surface area contributed by atoms with E-state index < -0.39 is 17.8 Å². The highest BCUT2D eigenvalue weighted by Crippen LogP contribution is 2.04. The first-order chi connectivity index (χ1) is 9.15. The number of ketones is 1. The summed E-state index contributed by atoms with van der Waals surface area (Å²) in [6.45, 7) is 0.639. The van der Waals surface area contributed by atoms with Crippen LogP contribution in [0.5, 0.6) is 0 Å². The molecule has 0 aliphatic rings. The molecular weight excluding hydrogens is 244 g/mol. The first kappa shape index (κ1) is 15.3. The molecular formula is C14H20N2O3. The molecule has 104 valence electrons. The molecule has 1 aromatic carbocycles. The van der Waals surface area contributed by atoms with Gasteiger partial charge in [-0.15, -0.1) is 0 Å². The molecule has 0 saturated heterocycles. The minimum absolute atomic E-state index is 0.0843. The normalized spacial score (nSPS) is 11.9. The lowest BCUT2D eigenvalue weighted by Crippen LogP contribution is -2.37. The average molecular weight is 264 g/mol. The zero-order valence-corrected chi connectivity index (χ0v) is 10.9. The van der Waals surface area contributed by atoms with Gasteiger partial charge in [-0.2, -0.15) is 0 Å². The van der Waals surface area contributed by atoms with Gasteiger partial charge in [-0.3, -0.25) is 4.79 Å². The maximum Gasteiger partial charge on any atom is 0.376 e. The molecule has 0 spiro atoms. The van der Waals surface area contributed by atoms with Crippen LogP contribution in [0.3, 0.4) is 0 Å². The van der Waals surface area contributed by atoms with E-state index in [-0.39, 0.29) is 6.61 Å². The number of unbranched alkanes of at least 4 members (excludes halogenated alkanes) is 1. The molecule has 1 aromatic rings. The third-order valence-electron chi connectivity index (χ3n) is 2.72. The van der Waals surface area contributed by atoms with Crippen LogP contribution in [0.1, 0.15) is 24.8 Å². The number of ether oxygens (including phenoxy) is 1. The number of esters is 1. The molecule has 0 aliphatic carbocycles. The lowest BCUT2D eigenvalue weighted by molar-refractivity contribution is -0.155. The second-order valence-corrected chi connectivity index (χ2v) is 4.32. The van der Waals surface area contributed by atoms with E-state index in [9.17, 15) is 9.59 Å². The molecule has 0 unspecified atom stereocenters. The number of benzene rings is 1. The number of carbonyl (C=O) groups is 2. The van der Waals surface area contributed by atoms with E-state index in [2.05, 4.69) is 0 Å². The van der Waals surface area contributed by atoms with Crippen LogP contribution in [0.4, 0.5) is 0 Å². The van der Waals surface area contributed by atoms with Gasteiger partial charge in [-0.25, -0.2) is 4.79 Å². The van der Waals surface area contributed by atoms with Crippen molar-refractivity contribution in [3.8, 4) is 0 Å². The summed E-state index contributed by atoms with van der Waals surface area (Å²) in [6.07, 6.45) is 1.98. The molecule has 0 aliphatic heterocycles. The molecule has 0 fully saturated rings. The Labute approximate surface area is 112 Å². The molecule has 5 nitrogen and oxygen atoms in total. The van der Waals surface area contributed by atoms with Gasteiger partial charge in [-0.05, 0) is 24.9 Å². The molecule has 1 rings (SSSR count). The standard InChI is InChI=1S/C14H20N2O3/c15-9-5-4-8-12(16)13(17)14(18)19-10-11-6-2-1-3-7-11/h1-3,6-7,12H,4-5,8-10,15-16H2/t12-/m0/s1. The Morgan fingerprint density at radius 1 is 1.16 bits per heavy atom. The van der Waals surface area contributed by atoms with Crippen molar-refractivity contribution in [1.29, 1.82) is 0 Å². The van der Waals surface area contributed by atoms with Crippen molar-refractivity contribution in [2.45, 2.75) is 31.9 Å². The monoisotopic (exact) mass is 264 g/mol. The van der Waals surface area contributed by atoms with Crippen LogP contribution in [0, 0.1) is 0 Å². The van der Waals surface area contributed by atoms with E-state index in [1.807, 2.05) is 30.3 Å². The lowest BCUT2D eigenvalue weighted by atomic mass is 10.1. The number of rotatable bonds is 8. The average Bonchev–Trinajstić information content (AvgIpc) is 2.45. The van der Waals surface area contributed by atoms with Gasteiger partial charge in [0.1, 0.15) is 6.61 Å². The second-order valence-electron chi connectivity index (χ2n) is 4.32. The summed E-state index contributed by atoms with van der Waals surface area (Å²) in [5.41, 5.74) is 11.8. The number of hydrogen-bond donors (Lipinski definition) is 2. The van der Waals surface area contributed by atoms with Gasteiger partial charge in [-0.1, -0.05) is 36.8 Å². The first-order valence-corrected chi connectivity index (χ1v) is 6.35. The molecule has 4 N–H and O–H groups in total. The summed E-state index contributed by atoms with van der Waals surface area (Å²) >= 11 is 0. The van der Waals surface area contributed by atoms with Gasteiger partial charge < -0.3 is 16.2 Å². The Morgan fingerprint density at radius 3 is 2.47 bits per heavy atom.